The number of benzene rings is 2. The molecular weight excluding hydrogens is 500 g/mol. The van der Waals surface area contributed by atoms with Crippen LogP contribution in [0.3, 0.4) is 0 Å². The van der Waals surface area contributed by atoms with Crippen LogP contribution in [0.15, 0.2) is 58.0 Å². The zero-order valence-corrected chi connectivity index (χ0v) is 23.9. The van der Waals surface area contributed by atoms with Crippen LogP contribution < -0.4 is 0 Å². The number of thioether (sulfide) groups is 1. The molecule has 0 aliphatic heterocycles. The highest BCUT2D eigenvalue weighted by Gasteiger charge is 2.14. The van der Waals surface area contributed by atoms with Gasteiger partial charge in [0.1, 0.15) is 0 Å². The monoisotopic (exact) mass is 538 g/mol. The van der Waals surface area contributed by atoms with Crippen molar-refractivity contribution in [2.75, 3.05) is 19.8 Å². The van der Waals surface area contributed by atoms with Gasteiger partial charge < -0.3 is 4.90 Å². The van der Waals surface area contributed by atoms with E-state index in [4.69, 9.17) is 0 Å². The van der Waals surface area contributed by atoms with E-state index in [0.29, 0.717) is 5.92 Å². The van der Waals surface area contributed by atoms with Gasteiger partial charge in [0, 0.05) is 23.0 Å². The quantitative estimate of drug-likeness (QED) is 0.137. The molecule has 182 valence electrons. The summed E-state index contributed by atoms with van der Waals surface area (Å²) >= 11 is 5.62. The third kappa shape index (κ3) is 7.11. The Kier molecular flexibility index (Phi) is 10.1. The van der Waals surface area contributed by atoms with Crippen LogP contribution in [0.25, 0.3) is 4.91 Å². The predicted molar refractivity (Wildman–Crippen MR) is 157 cm³/mol. The van der Waals surface area contributed by atoms with Crippen LogP contribution in [0.1, 0.15) is 60.9 Å². The van der Waals surface area contributed by atoms with Crippen molar-refractivity contribution in [2.24, 2.45) is 10.9 Å². The van der Waals surface area contributed by atoms with Crippen LogP contribution in [0, 0.1) is 12.8 Å². The Morgan fingerprint density at radius 3 is 2.62 bits per heavy atom. The maximum atomic E-state index is 4.65. The molecule has 0 N–H and O–H groups in total. The molecule has 0 aromatic heterocycles. The van der Waals surface area contributed by atoms with Crippen molar-refractivity contribution in [3.8, 4) is 0 Å². The van der Waals surface area contributed by atoms with E-state index < -0.39 is 0 Å². The molecule has 0 amide bonds. The van der Waals surface area contributed by atoms with Crippen molar-refractivity contribution in [1.29, 1.82) is 0 Å². The molecule has 34 heavy (non-hydrogen) atoms. The number of halogens is 1. The maximum Gasteiger partial charge on any atom is 0.0909 e. The molecule has 2 nitrogen and oxygen atoms in total. The Morgan fingerprint density at radius 2 is 1.91 bits per heavy atom. The third-order valence-electron chi connectivity index (χ3n) is 6.82. The van der Waals surface area contributed by atoms with Crippen LogP contribution in [0.5, 0.6) is 0 Å². The third-order valence-corrected chi connectivity index (χ3v) is 8.37. The van der Waals surface area contributed by atoms with E-state index in [0.717, 1.165) is 23.1 Å². The van der Waals surface area contributed by atoms with Gasteiger partial charge >= 0.3 is 0 Å². The topological polar surface area (TPSA) is 15.6 Å². The molecule has 0 spiro atoms. The molecule has 0 bridgehead atoms. The van der Waals surface area contributed by atoms with Crippen molar-refractivity contribution < 1.29 is 0 Å². The van der Waals surface area contributed by atoms with E-state index in [2.05, 4.69) is 95.8 Å². The molecule has 1 unspecified atom stereocenters. The number of allylic oxidation sites excluding steroid dienone is 2. The fourth-order valence-electron chi connectivity index (χ4n) is 4.34. The molecule has 0 radical (unpaired) electrons. The molecule has 2 aromatic rings. The molecule has 0 saturated carbocycles. The van der Waals surface area contributed by atoms with Crippen molar-refractivity contribution in [2.45, 2.75) is 59.3 Å². The van der Waals surface area contributed by atoms with Gasteiger partial charge in [0.25, 0.3) is 0 Å². The number of aliphatic imine (C=N–C) groups is 1. The van der Waals surface area contributed by atoms with Gasteiger partial charge in [-0.25, -0.2) is 4.99 Å². The predicted octanol–water partition coefficient (Wildman–Crippen LogP) is 8.78. The first-order valence-electron chi connectivity index (χ1n) is 12.4. The molecule has 2 aromatic carbocycles. The van der Waals surface area contributed by atoms with Crippen LogP contribution in [0.2, 0.25) is 0 Å². The van der Waals surface area contributed by atoms with Crippen molar-refractivity contribution in [3.63, 3.8) is 0 Å². The van der Waals surface area contributed by atoms with Gasteiger partial charge in [0.15, 0.2) is 0 Å². The molecule has 0 fully saturated rings. The number of nitrogens with zero attached hydrogens (tertiary/aromatic N) is 2. The minimum Gasteiger partial charge on any atom is -0.366 e. The summed E-state index contributed by atoms with van der Waals surface area (Å²) in [5.74, 6) is 0.296. The van der Waals surface area contributed by atoms with Gasteiger partial charge in [-0.1, -0.05) is 71.8 Å². The number of fused-ring (bicyclic) bond motifs is 1. The Morgan fingerprint density at radius 1 is 1.18 bits per heavy atom. The first-order valence-corrected chi connectivity index (χ1v) is 14.4. The van der Waals surface area contributed by atoms with Gasteiger partial charge in [0.05, 0.1) is 12.0 Å². The molecular formula is C30H39BrN2S. The summed E-state index contributed by atoms with van der Waals surface area (Å²) in [6.45, 7) is 11.9. The summed E-state index contributed by atoms with van der Waals surface area (Å²) in [6, 6.07) is 11.5. The second-order valence-corrected chi connectivity index (χ2v) is 11.2. The zero-order valence-electron chi connectivity index (χ0n) is 21.5. The molecule has 4 heteroatoms. The Bertz CT molecular complexity index is 1070. The smallest absolute Gasteiger partial charge is 0.0909 e. The lowest BCUT2D eigenvalue weighted by atomic mass is 9.93. The van der Waals surface area contributed by atoms with Gasteiger partial charge in [-0.15, -0.1) is 11.8 Å². The zero-order chi connectivity index (χ0) is 24.7. The first-order chi connectivity index (χ1) is 16.3. The van der Waals surface area contributed by atoms with E-state index >= 15 is 0 Å². The maximum absolute atomic E-state index is 4.65. The number of hydrogen-bond acceptors (Lipinski definition) is 2. The molecule has 0 saturated heterocycles. The largest absolute Gasteiger partial charge is 0.366 e. The average Bonchev–Trinajstić information content (AvgIpc) is 3.08. The van der Waals surface area contributed by atoms with Crippen LogP contribution >= 0.6 is 27.7 Å². The lowest BCUT2D eigenvalue weighted by molar-refractivity contribution is 0.552. The standard InChI is InChI=1S/C30H39BrN2S/c1-7-33(5)20-32-29-19-28(31)27(16-23(29)4)15-21(2)22(3)17-30(34-6)26-14-13-24-11-9-8-10-12-25(24)18-26/h13-14,16-20,22H,2,7-12,15H2,1,3-6H3/b30-17-,32-20?. The lowest BCUT2D eigenvalue weighted by Gasteiger charge is -2.17. The summed E-state index contributed by atoms with van der Waals surface area (Å²) < 4.78 is 1.09. The minimum atomic E-state index is 0.296. The van der Waals surface area contributed by atoms with Gasteiger partial charge in [0.2, 0.25) is 0 Å². The van der Waals surface area contributed by atoms with Gasteiger partial charge in [-0.3, -0.25) is 0 Å². The summed E-state index contributed by atoms with van der Waals surface area (Å²) in [7, 11) is 2.04. The SMILES string of the molecule is C=C(Cc1cc(C)c(N=CN(C)CC)cc1Br)C(C)/C=C(\SC)c1ccc2c(c1)CCCCC2. The van der Waals surface area contributed by atoms with E-state index in [1.54, 1.807) is 11.1 Å². The van der Waals surface area contributed by atoms with Crippen LogP contribution in [0.4, 0.5) is 5.69 Å². The van der Waals surface area contributed by atoms with E-state index in [9.17, 15) is 0 Å². The fourth-order valence-corrected chi connectivity index (χ4v) is 5.52. The van der Waals surface area contributed by atoms with Crippen molar-refractivity contribution in [3.05, 3.63) is 80.8 Å². The molecule has 0 heterocycles. The molecule has 1 aliphatic carbocycles. The Balaban J connectivity index is 1.75. The minimum absolute atomic E-state index is 0.296. The van der Waals surface area contributed by atoms with Crippen LogP contribution in [-0.4, -0.2) is 31.1 Å². The van der Waals surface area contributed by atoms with E-state index in [-0.39, 0.29) is 0 Å². The average molecular weight is 540 g/mol. The number of aryl methyl sites for hydroxylation is 3. The molecule has 1 atom stereocenters. The Hall–Kier alpha value is -1.78. The van der Waals surface area contributed by atoms with Crippen molar-refractivity contribution in [1.82, 2.24) is 4.90 Å². The molecule has 1 aliphatic rings. The Labute approximate surface area is 219 Å². The second-order valence-electron chi connectivity index (χ2n) is 9.45. The van der Waals surface area contributed by atoms with E-state index in [1.807, 2.05) is 25.1 Å². The van der Waals surface area contributed by atoms with Gasteiger partial charge in [-0.05, 0) is 92.0 Å². The summed E-state index contributed by atoms with van der Waals surface area (Å²) in [5.41, 5.74) is 9.13. The number of hydrogen-bond donors (Lipinski definition) is 0. The normalized spacial score (nSPS) is 15.2. The molecule has 3 rings (SSSR count). The first kappa shape index (κ1) is 26.8. The fraction of sp³-hybridized carbons (Fsp3) is 0.433. The second kappa shape index (κ2) is 12.8. The highest BCUT2D eigenvalue weighted by Crippen LogP contribution is 2.34. The van der Waals surface area contributed by atoms with Gasteiger partial charge in [-0.2, -0.15) is 0 Å². The summed E-state index contributed by atoms with van der Waals surface area (Å²) in [4.78, 5) is 8.07. The van der Waals surface area contributed by atoms with E-state index in [1.165, 1.54) is 59.3 Å². The summed E-state index contributed by atoms with van der Waals surface area (Å²) in [5, 5.41) is 0. The summed E-state index contributed by atoms with van der Waals surface area (Å²) in [6.07, 6.45) is 13.8. The van der Waals surface area contributed by atoms with Crippen molar-refractivity contribution >= 4 is 44.6 Å². The lowest BCUT2D eigenvalue weighted by Crippen LogP contribution is -2.14. The highest BCUT2D eigenvalue weighted by molar-refractivity contribution is 9.10. The van der Waals surface area contributed by atoms with Crippen LogP contribution in [-0.2, 0) is 19.3 Å². The highest BCUT2D eigenvalue weighted by atomic mass is 79.9. The number of rotatable bonds is 9.